The molecule has 2 N–H and O–H groups in total. The number of nitro groups is 1. The summed E-state index contributed by atoms with van der Waals surface area (Å²) in [5.41, 5.74) is -1.46. The molecular formula is C12H14N2O6. The molecule has 8 nitrogen and oxygen atoms in total. The number of hydrogen-bond donors (Lipinski definition) is 2. The highest BCUT2D eigenvalue weighted by Gasteiger charge is 2.43. The van der Waals surface area contributed by atoms with E-state index < -0.39 is 16.4 Å². The zero-order valence-electron chi connectivity index (χ0n) is 10.8. The van der Waals surface area contributed by atoms with Crippen LogP contribution in [0.3, 0.4) is 0 Å². The Morgan fingerprint density at radius 3 is 2.85 bits per heavy atom. The minimum Gasteiger partial charge on any atom is -0.497 e. The molecule has 1 saturated heterocycles. The van der Waals surface area contributed by atoms with Crippen LogP contribution in [0.5, 0.6) is 5.75 Å². The molecule has 0 saturated carbocycles. The molecule has 1 unspecified atom stereocenters. The minimum atomic E-state index is -1.35. The first-order valence-corrected chi connectivity index (χ1v) is 5.90. The van der Waals surface area contributed by atoms with Gasteiger partial charge in [-0.05, 0) is 6.07 Å². The molecule has 1 aromatic rings. The van der Waals surface area contributed by atoms with Gasteiger partial charge in [0.25, 0.3) is 5.69 Å². The summed E-state index contributed by atoms with van der Waals surface area (Å²) in [7, 11) is 1.43. The van der Waals surface area contributed by atoms with Gasteiger partial charge in [0, 0.05) is 25.2 Å². The van der Waals surface area contributed by atoms with E-state index in [1.54, 1.807) is 0 Å². The lowest BCUT2D eigenvalue weighted by Crippen LogP contribution is -2.47. The second-order valence-electron chi connectivity index (χ2n) is 4.46. The Labute approximate surface area is 114 Å². The third kappa shape index (κ3) is 2.50. The van der Waals surface area contributed by atoms with Crippen molar-refractivity contribution in [2.45, 2.75) is 12.0 Å². The summed E-state index contributed by atoms with van der Waals surface area (Å²) < 4.78 is 10.1. The van der Waals surface area contributed by atoms with Gasteiger partial charge < -0.3 is 19.9 Å². The maximum Gasteiger partial charge on any atom is 0.331 e. The van der Waals surface area contributed by atoms with Crippen molar-refractivity contribution < 1.29 is 24.3 Å². The molecule has 8 heteroatoms. The Kier molecular flexibility index (Phi) is 3.75. The van der Waals surface area contributed by atoms with Gasteiger partial charge in [-0.25, -0.2) is 4.79 Å². The molecule has 108 valence electrons. The van der Waals surface area contributed by atoms with Gasteiger partial charge in [0.1, 0.15) is 11.4 Å². The predicted octanol–water partition coefficient (Wildman–Crippen LogP) is 1.26. The standard InChI is InChI=1S/C12H14N2O6/c1-19-8-2-3-10(14(17)18)9(6-8)13-12(11(15)16)4-5-20-7-12/h2-3,6,13H,4-5,7H2,1H3,(H,15,16). The van der Waals surface area contributed by atoms with Gasteiger partial charge in [0.15, 0.2) is 5.54 Å². The van der Waals surface area contributed by atoms with Gasteiger partial charge in [-0.15, -0.1) is 0 Å². The highest BCUT2D eigenvalue weighted by atomic mass is 16.6. The molecule has 1 atom stereocenters. The van der Waals surface area contributed by atoms with Gasteiger partial charge in [-0.2, -0.15) is 0 Å². The summed E-state index contributed by atoms with van der Waals surface area (Å²) in [6.45, 7) is 0.244. The molecule has 1 heterocycles. The average Bonchev–Trinajstić information content (AvgIpc) is 2.88. The van der Waals surface area contributed by atoms with Gasteiger partial charge in [-0.3, -0.25) is 10.1 Å². The molecule has 0 bridgehead atoms. The summed E-state index contributed by atoms with van der Waals surface area (Å²) in [6, 6.07) is 4.12. The second kappa shape index (κ2) is 5.33. The zero-order valence-corrected chi connectivity index (χ0v) is 10.8. The predicted molar refractivity (Wildman–Crippen MR) is 69.1 cm³/mol. The molecule has 0 radical (unpaired) electrons. The summed E-state index contributed by atoms with van der Waals surface area (Å²) in [4.78, 5) is 21.9. The summed E-state index contributed by atoms with van der Waals surface area (Å²) in [6.07, 6.45) is 0.233. The highest BCUT2D eigenvalue weighted by molar-refractivity contribution is 5.85. The lowest BCUT2D eigenvalue weighted by Gasteiger charge is -2.24. The molecule has 0 aromatic heterocycles. The lowest BCUT2D eigenvalue weighted by atomic mass is 9.98. The molecule has 1 fully saturated rings. The zero-order chi connectivity index (χ0) is 14.8. The largest absolute Gasteiger partial charge is 0.497 e. The van der Waals surface area contributed by atoms with E-state index >= 15 is 0 Å². The van der Waals surface area contributed by atoms with E-state index in [4.69, 9.17) is 9.47 Å². The number of nitro benzene ring substituents is 1. The van der Waals surface area contributed by atoms with E-state index in [0.29, 0.717) is 5.75 Å². The minimum absolute atomic E-state index is 0.0449. The van der Waals surface area contributed by atoms with Crippen molar-refractivity contribution in [3.63, 3.8) is 0 Å². The molecule has 20 heavy (non-hydrogen) atoms. The van der Waals surface area contributed by atoms with E-state index in [1.807, 2.05) is 0 Å². The fourth-order valence-corrected chi connectivity index (χ4v) is 2.04. The number of benzene rings is 1. The van der Waals surface area contributed by atoms with Crippen LogP contribution in [-0.2, 0) is 9.53 Å². The van der Waals surface area contributed by atoms with Gasteiger partial charge in [-0.1, -0.05) is 0 Å². The van der Waals surface area contributed by atoms with Crippen LogP contribution in [0.4, 0.5) is 11.4 Å². The van der Waals surface area contributed by atoms with Crippen LogP contribution in [0.1, 0.15) is 6.42 Å². The molecule has 2 rings (SSSR count). The fourth-order valence-electron chi connectivity index (χ4n) is 2.04. The van der Waals surface area contributed by atoms with Crippen molar-refractivity contribution in [2.75, 3.05) is 25.6 Å². The molecule has 1 aliphatic heterocycles. The van der Waals surface area contributed by atoms with Gasteiger partial charge in [0.2, 0.25) is 0 Å². The molecule has 1 aliphatic rings. The van der Waals surface area contributed by atoms with E-state index in [1.165, 1.54) is 25.3 Å². The third-order valence-electron chi connectivity index (χ3n) is 3.21. The highest BCUT2D eigenvalue weighted by Crippen LogP contribution is 2.33. The number of aliphatic carboxylic acids is 1. The van der Waals surface area contributed by atoms with Crippen LogP contribution in [-0.4, -0.2) is 41.9 Å². The molecule has 1 aromatic carbocycles. The number of ether oxygens (including phenoxy) is 2. The maximum atomic E-state index is 11.4. The number of carboxylic acids is 1. The Hall–Kier alpha value is -2.35. The van der Waals surface area contributed by atoms with Crippen LogP contribution in [0.2, 0.25) is 0 Å². The number of methoxy groups -OCH3 is 1. The average molecular weight is 282 g/mol. The van der Waals surface area contributed by atoms with Crippen molar-refractivity contribution >= 4 is 17.3 Å². The van der Waals surface area contributed by atoms with Crippen molar-refractivity contribution in [2.24, 2.45) is 0 Å². The summed E-state index contributed by atoms with van der Waals surface area (Å²) >= 11 is 0. The summed E-state index contributed by atoms with van der Waals surface area (Å²) in [5, 5.41) is 23.1. The van der Waals surface area contributed by atoms with Crippen LogP contribution >= 0.6 is 0 Å². The first-order chi connectivity index (χ1) is 9.48. The number of rotatable bonds is 5. The van der Waals surface area contributed by atoms with E-state index in [-0.39, 0.29) is 31.0 Å². The maximum absolute atomic E-state index is 11.4. The van der Waals surface area contributed by atoms with Gasteiger partial charge in [0.05, 0.1) is 18.6 Å². The Bertz CT molecular complexity index is 539. The monoisotopic (exact) mass is 282 g/mol. The second-order valence-corrected chi connectivity index (χ2v) is 4.46. The number of nitrogens with one attached hydrogen (secondary N) is 1. The number of carbonyl (C=O) groups is 1. The summed E-state index contributed by atoms with van der Waals surface area (Å²) in [5.74, 6) is -0.704. The topological polar surface area (TPSA) is 111 Å². The number of nitrogens with zero attached hydrogens (tertiary/aromatic N) is 1. The van der Waals surface area contributed by atoms with E-state index in [2.05, 4.69) is 5.32 Å². The quantitative estimate of drug-likeness (QED) is 0.617. The van der Waals surface area contributed by atoms with E-state index in [0.717, 1.165) is 0 Å². The third-order valence-corrected chi connectivity index (χ3v) is 3.21. The first kappa shape index (κ1) is 14.1. The number of carboxylic acid groups (broad SMARTS) is 1. The normalized spacial score (nSPS) is 21.4. The number of hydrogen-bond acceptors (Lipinski definition) is 6. The molecular weight excluding hydrogens is 268 g/mol. The van der Waals surface area contributed by atoms with Crippen LogP contribution < -0.4 is 10.1 Å². The van der Waals surface area contributed by atoms with E-state index in [9.17, 15) is 20.0 Å². The first-order valence-electron chi connectivity index (χ1n) is 5.90. The number of anilines is 1. The lowest BCUT2D eigenvalue weighted by molar-refractivity contribution is -0.384. The van der Waals surface area contributed by atoms with Crippen LogP contribution in [0.15, 0.2) is 18.2 Å². The Morgan fingerprint density at radius 2 is 2.35 bits per heavy atom. The van der Waals surface area contributed by atoms with Crippen molar-refractivity contribution in [3.05, 3.63) is 28.3 Å². The van der Waals surface area contributed by atoms with Crippen molar-refractivity contribution in [1.82, 2.24) is 0 Å². The van der Waals surface area contributed by atoms with Crippen LogP contribution in [0, 0.1) is 10.1 Å². The molecule has 0 amide bonds. The molecule has 0 aliphatic carbocycles. The van der Waals surface area contributed by atoms with Crippen molar-refractivity contribution in [1.29, 1.82) is 0 Å². The Balaban J connectivity index is 2.40. The van der Waals surface area contributed by atoms with Crippen molar-refractivity contribution in [3.8, 4) is 5.75 Å². The molecule has 0 spiro atoms. The fraction of sp³-hybridized carbons (Fsp3) is 0.417. The van der Waals surface area contributed by atoms with Gasteiger partial charge >= 0.3 is 5.97 Å². The SMILES string of the molecule is COc1ccc([N+](=O)[O-])c(NC2(C(=O)O)CCOC2)c1. The smallest absolute Gasteiger partial charge is 0.331 e. The van der Waals surface area contributed by atoms with Crippen LogP contribution in [0.25, 0.3) is 0 Å². The Morgan fingerprint density at radius 1 is 1.60 bits per heavy atom.